The molecule has 1 aromatic rings. The molecule has 8 heteroatoms. The van der Waals surface area contributed by atoms with E-state index < -0.39 is 5.41 Å². The molecule has 3 aliphatic heterocycles. The van der Waals surface area contributed by atoms with E-state index in [4.69, 9.17) is 0 Å². The molecule has 0 unspecified atom stereocenters. The summed E-state index contributed by atoms with van der Waals surface area (Å²) < 4.78 is 0. The fourth-order valence-corrected chi connectivity index (χ4v) is 5.90. The molecule has 3 saturated heterocycles. The van der Waals surface area contributed by atoms with E-state index in [1.807, 2.05) is 17.2 Å². The van der Waals surface area contributed by atoms with Crippen LogP contribution in [0, 0.1) is 18.3 Å². The number of aromatic nitrogens is 1. The van der Waals surface area contributed by atoms with Gasteiger partial charge in [0, 0.05) is 38.8 Å². The largest absolute Gasteiger partial charge is 0.351 e. The normalized spacial score (nSPS) is 26.6. The fourth-order valence-electron chi connectivity index (χ4n) is 5.90. The van der Waals surface area contributed by atoms with Gasteiger partial charge in [-0.1, -0.05) is 18.9 Å². The molecule has 0 aliphatic carbocycles. The summed E-state index contributed by atoms with van der Waals surface area (Å²) in [4.78, 5) is 46.7. The second-order valence-electron chi connectivity index (χ2n) is 10.4. The minimum absolute atomic E-state index is 0.0249. The molecular formula is C26H39N5O3. The van der Waals surface area contributed by atoms with Gasteiger partial charge in [-0.05, 0) is 69.7 Å². The lowest BCUT2D eigenvalue weighted by Gasteiger charge is -2.42. The van der Waals surface area contributed by atoms with Crippen LogP contribution in [-0.4, -0.2) is 71.3 Å². The van der Waals surface area contributed by atoms with Gasteiger partial charge in [0.1, 0.15) is 0 Å². The number of nitrogens with zero attached hydrogens (tertiary/aromatic N) is 3. The molecule has 0 aromatic carbocycles. The van der Waals surface area contributed by atoms with Crippen molar-refractivity contribution >= 4 is 17.7 Å². The quantitative estimate of drug-likeness (QED) is 0.691. The fraction of sp³-hybridized carbons (Fsp3) is 0.692. The van der Waals surface area contributed by atoms with Crippen LogP contribution in [0.15, 0.2) is 18.3 Å². The van der Waals surface area contributed by atoms with E-state index in [1.165, 1.54) is 5.56 Å². The lowest BCUT2D eigenvalue weighted by Crippen LogP contribution is -2.55. The first kappa shape index (κ1) is 24.6. The molecule has 3 fully saturated rings. The van der Waals surface area contributed by atoms with Crippen molar-refractivity contribution in [3.63, 3.8) is 0 Å². The van der Waals surface area contributed by atoms with Crippen LogP contribution in [0.5, 0.6) is 0 Å². The third-order valence-corrected chi connectivity index (χ3v) is 8.20. The number of aryl methyl sites for hydroxylation is 1. The smallest absolute Gasteiger partial charge is 0.239 e. The van der Waals surface area contributed by atoms with Crippen LogP contribution in [0.4, 0.5) is 0 Å². The molecule has 0 radical (unpaired) electrons. The molecule has 0 saturated carbocycles. The first-order valence-electron chi connectivity index (χ1n) is 12.8. The zero-order chi connectivity index (χ0) is 24.1. The second-order valence-corrected chi connectivity index (χ2v) is 10.4. The van der Waals surface area contributed by atoms with E-state index in [-0.39, 0.29) is 36.2 Å². The average molecular weight is 470 g/mol. The number of likely N-dealkylation sites (tertiary alicyclic amines) is 2. The van der Waals surface area contributed by atoms with Gasteiger partial charge in [-0.3, -0.25) is 24.3 Å². The van der Waals surface area contributed by atoms with Gasteiger partial charge < -0.3 is 15.5 Å². The highest BCUT2D eigenvalue weighted by Gasteiger charge is 2.41. The summed E-state index contributed by atoms with van der Waals surface area (Å²) in [5.74, 6) is 0.282. The van der Waals surface area contributed by atoms with Gasteiger partial charge in [0.05, 0.1) is 17.7 Å². The van der Waals surface area contributed by atoms with Gasteiger partial charge in [0.2, 0.25) is 17.7 Å². The number of carbonyl (C=O) groups excluding carboxylic acids is 3. The highest BCUT2D eigenvalue weighted by molar-refractivity contribution is 5.88. The van der Waals surface area contributed by atoms with Crippen LogP contribution >= 0.6 is 0 Å². The summed E-state index contributed by atoms with van der Waals surface area (Å²) in [5, 5.41) is 6.10. The van der Waals surface area contributed by atoms with E-state index in [2.05, 4.69) is 33.5 Å². The highest BCUT2D eigenvalue weighted by Crippen LogP contribution is 2.38. The number of nitrogens with one attached hydrogen (secondary N) is 2. The lowest BCUT2D eigenvalue weighted by atomic mass is 9.73. The van der Waals surface area contributed by atoms with Crippen molar-refractivity contribution in [1.29, 1.82) is 0 Å². The molecule has 2 atom stereocenters. The van der Waals surface area contributed by atoms with Crippen LogP contribution in [0.3, 0.4) is 0 Å². The van der Waals surface area contributed by atoms with Gasteiger partial charge in [-0.15, -0.1) is 0 Å². The van der Waals surface area contributed by atoms with E-state index in [9.17, 15) is 14.4 Å². The molecule has 2 N–H and O–H groups in total. The van der Waals surface area contributed by atoms with Gasteiger partial charge in [0.15, 0.2) is 0 Å². The summed E-state index contributed by atoms with van der Waals surface area (Å²) in [6, 6.07) is 4.13. The van der Waals surface area contributed by atoms with E-state index in [0.29, 0.717) is 13.1 Å². The summed E-state index contributed by atoms with van der Waals surface area (Å²) in [6.45, 7) is 7.64. The van der Waals surface area contributed by atoms with Crippen molar-refractivity contribution in [2.45, 2.75) is 71.4 Å². The van der Waals surface area contributed by atoms with Crippen molar-refractivity contribution in [2.24, 2.45) is 11.3 Å². The molecule has 0 bridgehead atoms. The summed E-state index contributed by atoms with van der Waals surface area (Å²) in [5.41, 5.74) is 1.88. The van der Waals surface area contributed by atoms with E-state index in [1.54, 1.807) is 6.92 Å². The topological polar surface area (TPSA) is 94.6 Å². The van der Waals surface area contributed by atoms with E-state index >= 15 is 0 Å². The number of pyridine rings is 1. The van der Waals surface area contributed by atoms with Gasteiger partial charge in [-0.25, -0.2) is 0 Å². The Bertz CT molecular complexity index is 896. The monoisotopic (exact) mass is 469 g/mol. The first-order chi connectivity index (χ1) is 16.4. The number of piperidine rings is 2. The van der Waals surface area contributed by atoms with Gasteiger partial charge in [-0.2, -0.15) is 0 Å². The number of fused-ring (bicyclic) bond motifs is 1. The zero-order valence-electron chi connectivity index (χ0n) is 20.6. The van der Waals surface area contributed by atoms with Crippen LogP contribution in [0.2, 0.25) is 0 Å². The molecule has 3 aliphatic rings. The maximum absolute atomic E-state index is 13.3. The zero-order valence-corrected chi connectivity index (χ0v) is 20.6. The summed E-state index contributed by atoms with van der Waals surface area (Å²) >= 11 is 0. The van der Waals surface area contributed by atoms with Crippen LogP contribution < -0.4 is 10.6 Å². The molecular weight excluding hydrogens is 430 g/mol. The molecule has 186 valence electrons. The van der Waals surface area contributed by atoms with Crippen LogP contribution in [0.25, 0.3) is 0 Å². The van der Waals surface area contributed by atoms with Crippen molar-refractivity contribution in [1.82, 2.24) is 25.4 Å². The first-order valence-corrected chi connectivity index (χ1v) is 12.8. The molecule has 4 rings (SSSR count). The Labute approximate surface area is 202 Å². The Balaban J connectivity index is 1.39. The van der Waals surface area contributed by atoms with Crippen molar-refractivity contribution in [3.8, 4) is 0 Å². The molecule has 8 nitrogen and oxygen atoms in total. The van der Waals surface area contributed by atoms with Crippen molar-refractivity contribution in [3.05, 3.63) is 29.6 Å². The van der Waals surface area contributed by atoms with Crippen LogP contribution in [0.1, 0.15) is 63.1 Å². The Morgan fingerprint density at radius 1 is 1.15 bits per heavy atom. The standard InChI is InChI=1S/C26H39N5O3/c1-19-6-5-12-27-23(19)18-30-14-10-26(11-15-30)9-4-3-7-21-17-31(20(2)32)13-8-22(21)29-24(33)16-28-25(26)34/h5-6,12,21-22H,3-4,7-11,13-18H2,1-2H3,(H,28,34)(H,29,33)/t21-,22+/m0/s1. The maximum atomic E-state index is 13.3. The number of hydrogen-bond acceptors (Lipinski definition) is 5. The van der Waals surface area contributed by atoms with Crippen molar-refractivity contribution < 1.29 is 14.4 Å². The second kappa shape index (κ2) is 10.8. The number of rotatable bonds is 2. The third-order valence-electron chi connectivity index (χ3n) is 8.20. The minimum atomic E-state index is -0.410. The van der Waals surface area contributed by atoms with Gasteiger partial charge in [0.25, 0.3) is 0 Å². The maximum Gasteiger partial charge on any atom is 0.239 e. The number of amides is 3. The summed E-state index contributed by atoms with van der Waals surface area (Å²) in [7, 11) is 0. The molecule has 34 heavy (non-hydrogen) atoms. The van der Waals surface area contributed by atoms with Crippen LogP contribution in [-0.2, 0) is 20.9 Å². The third kappa shape index (κ3) is 5.77. The minimum Gasteiger partial charge on any atom is -0.351 e. The predicted molar refractivity (Wildman–Crippen MR) is 130 cm³/mol. The highest BCUT2D eigenvalue weighted by atomic mass is 16.2. The molecule has 1 aromatic heterocycles. The number of hydrogen-bond donors (Lipinski definition) is 2. The van der Waals surface area contributed by atoms with Crippen molar-refractivity contribution in [2.75, 3.05) is 32.7 Å². The summed E-state index contributed by atoms with van der Waals surface area (Å²) in [6.07, 6.45) is 8.04. The lowest BCUT2D eigenvalue weighted by molar-refractivity contribution is -0.137. The Morgan fingerprint density at radius 3 is 2.68 bits per heavy atom. The number of carbonyl (C=O) groups is 3. The Morgan fingerprint density at radius 2 is 1.94 bits per heavy atom. The Hall–Kier alpha value is -2.48. The average Bonchev–Trinajstić information content (AvgIpc) is 2.83. The molecule has 1 spiro atoms. The SMILES string of the molecule is CC(=O)N1CC[C@H]2NC(=O)CNC(=O)C3(CCCC[C@H]2C1)CCN(Cc1ncccc1C)CC3. The predicted octanol–water partition coefficient (Wildman–Crippen LogP) is 2.02. The Kier molecular flexibility index (Phi) is 7.86. The van der Waals surface area contributed by atoms with E-state index in [0.717, 1.165) is 70.3 Å². The molecule has 3 amide bonds. The molecule has 4 heterocycles. The van der Waals surface area contributed by atoms with Gasteiger partial charge >= 0.3 is 0 Å².